The normalized spacial score (nSPS) is 12.1. The van der Waals surface area contributed by atoms with Gasteiger partial charge in [-0.1, -0.05) is 23.9 Å². The second kappa shape index (κ2) is 6.13. The molecule has 1 aromatic carbocycles. The highest BCUT2D eigenvalue weighted by Gasteiger charge is 2.10. The monoisotopic (exact) mass is 290 g/mol. The van der Waals surface area contributed by atoms with Crippen molar-refractivity contribution in [3.8, 4) is 0 Å². The Balaban J connectivity index is 2.46. The number of hydrogen-bond acceptors (Lipinski definition) is 4. The molecule has 0 saturated carbocycles. The summed E-state index contributed by atoms with van der Waals surface area (Å²) in [5.74, 6) is 0.611. The number of nitrogens with zero attached hydrogens (tertiary/aromatic N) is 1. The summed E-state index contributed by atoms with van der Waals surface area (Å²) in [7, 11) is 0. The van der Waals surface area contributed by atoms with Gasteiger partial charge in [0.2, 0.25) is 0 Å². The van der Waals surface area contributed by atoms with Gasteiger partial charge in [0, 0.05) is 23.8 Å². The van der Waals surface area contributed by atoms with E-state index in [2.05, 4.69) is 4.99 Å². The van der Waals surface area contributed by atoms with Gasteiger partial charge in [0.1, 0.15) is 5.58 Å². The van der Waals surface area contributed by atoms with Gasteiger partial charge < -0.3 is 10.2 Å². The van der Waals surface area contributed by atoms with Crippen molar-refractivity contribution in [3.05, 3.63) is 45.3 Å². The highest BCUT2D eigenvalue weighted by Crippen LogP contribution is 2.25. The molecule has 1 aromatic heterocycles. The van der Waals surface area contributed by atoms with Gasteiger partial charge in [-0.15, -0.1) is 0 Å². The molecule has 0 aliphatic heterocycles. The van der Waals surface area contributed by atoms with Crippen LogP contribution < -0.4 is 11.4 Å². The molecule has 0 amide bonds. The van der Waals surface area contributed by atoms with E-state index in [1.807, 2.05) is 32.9 Å². The Hall–Kier alpha value is -1.75. The van der Waals surface area contributed by atoms with Gasteiger partial charge in [-0.3, -0.25) is 4.99 Å². The fourth-order valence-corrected chi connectivity index (χ4v) is 2.76. The minimum Gasteiger partial charge on any atom is -0.422 e. The number of aryl methyl sites for hydroxylation is 2. The molecule has 0 saturated heterocycles. The van der Waals surface area contributed by atoms with Crippen LogP contribution in [-0.4, -0.2) is 11.7 Å². The predicted octanol–water partition coefficient (Wildman–Crippen LogP) is 2.98. The van der Waals surface area contributed by atoms with E-state index in [1.54, 1.807) is 0 Å². The minimum absolute atomic E-state index is 0.326. The Kier molecular flexibility index (Phi) is 4.49. The van der Waals surface area contributed by atoms with Crippen LogP contribution in [0, 0.1) is 13.8 Å². The molecule has 0 aliphatic carbocycles. The van der Waals surface area contributed by atoms with Gasteiger partial charge in [0.15, 0.2) is 5.17 Å². The molecule has 0 spiro atoms. The molecule has 0 bridgehead atoms. The third-order valence-corrected chi connectivity index (χ3v) is 4.09. The summed E-state index contributed by atoms with van der Waals surface area (Å²) < 4.78 is 5.34. The molecule has 2 rings (SSSR count). The lowest BCUT2D eigenvalue weighted by Gasteiger charge is -2.08. The fraction of sp³-hybridized carbons (Fsp3) is 0.333. The molecule has 0 fully saturated rings. The van der Waals surface area contributed by atoms with Crippen LogP contribution in [0.25, 0.3) is 11.0 Å². The number of fused-ring (bicyclic) bond motifs is 1. The topological polar surface area (TPSA) is 68.6 Å². The van der Waals surface area contributed by atoms with Crippen molar-refractivity contribution in [2.24, 2.45) is 10.7 Å². The molecule has 0 radical (unpaired) electrons. The van der Waals surface area contributed by atoms with Crippen molar-refractivity contribution >= 4 is 27.9 Å². The largest absolute Gasteiger partial charge is 0.422 e. The van der Waals surface area contributed by atoms with Crippen LogP contribution in [0.3, 0.4) is 0 Å². The predicted molar refractivity (Wildman–Crippen MR) is 85.4 cm³/mol. The van der Waals surface area contributed by atoms with Crippen LogP contribution in [-0.2, 0) is 5.75 Å². The van der Waals surface area contributed by atoms with Crippen molar-refractivity contribution in [1.29, 1.82) is 0 Å². The summed E-state index contributed by atoms with van der Waals surface area (Å²) >= 11 is 1.43. The smallest absolute Gasteiger partial charge is 0.336 e. The second-order valence-electron chi connectivity index (χ2n) is 4.58. The number of hydrogen-bond donors (Lipinski definition) is 1. The number of rotatable bonds is 3. The maximum Gasteiger partial charge on any atom is 0.336 e. The van der Waals surface area contributed by atoms with Crippen LogP contribution in [0.1, 0.15) is 23.6 Å². The summed E-state index contributed by atoms with van der Waals surface area (Å²) in [6.07, 6.45) is 0. The SMILES string of the molecule is CCN=C(N)SCc1cc(=O)oc2c(C)c(C)ccc12. The van der Waals surface area contributed by atoms with Crippen LogP contribution in [0.15, 0.2) is 32.4 Å². The van der Waals surface area contributed by atoms with Crippen LogP contribution in [0.2, 0.25) is 0 Å². The van der Waals surface area contributed by atoms with Gasteiger partial charge >= 0.3 is 5.63 Å². The zero-order chi connectivity index (χ0) is 14.7. The summed E-state index contributed by atoms with van der Waals surface area (Å²) in [4.78, 5) is 15.8. The maximum atomic E-state index is 11.7. The Morgan fingerprint density at radius 1 is 1.40 bits per heavy atom. The molecule has 2 N–H and O–H groups in total. The standard InChI is InChI=1S/C15H18N2O2S/c1-4-17-15(16)20-8-11-7-13(18)19-14-10(3)9(2)5-6-12(11)14/h5-7H,4,8H2,1-3H3,(H2,16,17). The van der Waals surface area contributed by atoms with E-state index in [0.717, 1.165) is 22.1 Å². The highest BCUT2D eigenvalue weighted by atomic mass is 32.2. The average molecular weight is 290 g/mol. The number of thioether (sulfide) groups is 1. The number of amidine groups is 1. The number of nitrogens with two attached hydrogens (primary N) is 1. The maximum absolute atomic E-state index is 11.7. The molecule has 4 nitrogen and oxygen atoms in total. The van der Waals surface area contributed by atoms with Gasteiger partial charge in [0.05, 0.1) is 0 Å². The molecule has 1 heterocycles. The first-order chi connectivity index (χ1) is 9.52. The summed E-state index contributed by atoms with van der Waals surface area (Å²) in [5, 5.41) is 1.50. The quantitative estimate of drug-likeness (QED) is 0.536. The Morgan fingerprint density at radius 2 is 2.15 bits per heavy atom. The highest BCUT2D eigenvalue weighted by molar-refractivity contribution is 8.13. The van der Waals surface area contributed by atoms with Crippen LogP contribution in [0.4, 0.5) is 0 Å². The first kappa shape index (κ1) is 14.7. The van der Waals surface area contributed by atoms with Crippen molar-refractivity contribution in [1.82, 2.24) is 0 Å². The van der Waals surface area contributed by atoms with E-state index in [-0.39, 0.29) is 5.63 Å². The molecule has 0 unspecified atom stereocenters. The first-order valence-electron chi connectivity index (χ1n) is 6.48. The van der Waals surface area contributed by atoms with E-state index in [0.29, 0.717) is 23.0 Å². The molecule has 106 valence electrons. The van der Waals surface area contributed by atoms with Crippen molar-refractivity contribution in [2.45, 2.75) is 26.5 Å². The molecule has 0 aliphatic rings. The lowest BCUT2D eigenvalue weighted by Crippen LogP contribution is -2.08. The molecule has 2 aromatic rings. The van der Waals surface area contributed by atoms with Gasteiger partial charge in [-0.2, -0.15) is 0 Å². The van der Waals surface area contributed by atoms with E-state index in [4.69, 9.17) is 10.2 Å². The Labute approximate surface area is 122 Å². The zero-order valence-corrected chi connectivity index (χ0v) is 12.7. The number of aliphatic imine (C=N–C) groups is 1. The lowest BCUT2D eigenvalue weighted by molar-refractivity contribution is 0.557. The van der Waals surface area contributed by atoms with E-state index < -0.39 is 0 Å². The fourth-order valence-electron chi connectivity index (χ4n) is 2.00. The van der Waals surface area contributed by atoms with Crippen LogP contribution >= 0.6 is 11.8 Å². The van der Waals surface area contributed by atoms with Crippen molar-refractivity contribution < 1.29 is 4.42 Å². The van der Waals surface area contributed by atoms with E-state index in [9.17, 15) is 4.79 Å². The molecule has 0 atom stereocenters. The molecular weight excluding hydrogens is 272 g/mol. The van der Waals surface area contributed by atoms with E-state index >= 15 is 0 Å². The number of benzene rings is 1. The van der Waals surface area contributed by atoms with Gasteiger partial charge in [-0.05, 0) is 37.5 Å². The van der Waals surface area contributed by atoms with Gasteiger partial charge in [0.25, 0.3) is 0 Å². The average Bonchev–Trinajstić information content (AvgIpc) is 2.41. The summed E-state index contributed by atoms with van der Waals surface area (Å²) in [5.41, 5.74) is 9.16. The molecular formula is C15H18N2O2S. The van der Waals surface area contributed by atoms with Gasteiger partial charge in [-0.25, -0.2) is 4.79 Å². The van der Waals surface area contributed by atoms with Crippen LogP contribution in [0.5, 0.6) is 0 Å². The van der Waals surface area contributed by atoms with Crippen molar-refractivity contribution in [2.75, 3.05) is 6.54 Å². The third kappa shape index (κ3) is 3.04. The first-order valence-corrected chi connectivity index (χ1v) is 7.47. The third-order valence-electron chi connectivity index (χ3n) is 3.21. The summed E-state index contributed by atoms with van der Waals surface area (Å²) in [6, 6.07) is 5.56. The Bertz CT molecular complexity index is 720. The second-order valence-corrected chi connectivity index (χ2v) is 5.57. The lowest BCUT2D eigenvalue weighted by atomic mass is 10.0. The zero-order valence-electron chi connectivity index (χ0n) is 11.9. The van der Waals surface area contributed by atoms with E-state index in [1.165, 1.54) is 17.8 Å². The summed E-state index contributed by atoms with van der Waals surface area (Å²) in [6.45, 7) is 6.56. The molecule has 20 heavy (non-hydrogen) atoms. The van der Waals surface area contributed by atoms with Crippen molar-refractivity contribution in [3.63, 3.8) is 0 Å². The molecule has 5 heteroatoms. The Morgan fingerprint density at radius 3 is 2.85 bits per heavy atom. The minimum atomic E-state index is -0.326.